The van der Waals surface area contributed by atoms with Crippen LogP contribution in [0.4, 0.5) is 11.4 Å². The highest BCUT2D eigenvalue weighted by Gasteiger charge is 2.31. The monoisotopic (exact) mass is 434 g/mol. The fraction of sp³-hybridized carbons (Fsp3) is 0.240. The minimum absolute atomic E-state index is 0.191. The van der Waals surface area contributed by atoms with Crippen molar-refractivity contribution < 1.29 is 13.2 Å². The molecule has 1 aliphatic heterocycles. The van der Waals surface area contributed by atoms with Gasteiger partial charge in [-0.3, -0.25) is 9.10 Å². The Balaban J connectivity index is 1.62. The van der Waals surface area contributed by atoms with E-state index in [9.17, 15) is 13.2 Å². The van der Waals surface area contributed by atoms with E-state index in [0.29, 0.717) is 24.2 Å². The molecule has 0 spiro atoms. The van der Waals surface area contributed by atoms with Gasteiger partial charge in [-0.1, -0.05) is 50.2 Å². The Morgan fingerprint density at radius 1 is 1.00 bits per heavy atom. The van der Waals surface area contributed by atoms with Crippen LogP contribution in [0.25, 0.3) is 0 Å². The third-order valence-electron chi connectivity index (χ3n) is 5.69. The maximum absolute atomic E-state index is 13.0. The van der Waals surface area contributed by atoms with E-state index in [-0.39, 0.29) is 16.7 Å². The molecule has 0 saturated carbocycles. The number of amides is 1. The van der Waals surface area contributed by atoms with Gasteiger partial charge >= 0.3 is 0 Å². The van der Waals surface area contributed by atoms with E-state index in [1.54, 1.807) is 48.5 Å². The van der Waals surface area contributed by atoms with E-state index in [1.807, 2.05) is 25.1 Å². The van der Waals surface area contributed by atoms with Gasteiger partial charge in [-0.15, -0.1) is 0 Å². The number of nitrogens with one attached hydrogen (secondary N) is 1. The molecular formula is C25H26N2O3S. The van der Waals surface area contributed by atoms with Crippen LogP contribution in [0.15, 0.2) is 71.6 Å². The van der Waals surface area contributed by atoms with Crippen LogP contribution >= 0.6 is 0 Å². The number of hydrogen-bond donors (Lipinski definition) is 1. The minimum atomic E-state index is -3.62. The summed E-state index contributed by atoms with van der Waals surface area (Å²) in [5.41, 5.74) is 4.97. The first-order valence-electron chi connectivity index (χ1n) is 10.4. The molecule has 0 aromatic heterocycles. The number of aryl methyl sites for hydroxylation is 1. The smallest absolute Gasteiger partial charge is 0.264 e. The number of fused-ring (bicyclic) bond motifs is 1. The van der Waals surface area contributed by atoms with Crippen molar-refractivity contribution in [2.24, 2.45) is 0 Å². The Bertz CT molecular complexity index is 1230. The maximum Gasteiger partial charge on any atom is 0.264 e. The molecule has 0 fully saturated rings. The van der Waals surface area contributed by atoms with Gasteiger partial charge in [0.1, 0.15) is 0 Å². The van der Waals surface area contributed by atoms with Crippen molar-refractivity contribution in [3.8, 4) is 0 Å². The molecule has 0 unspecified atom stereocenters. The first-order chi connectivity index (χ1) is 14.8. The molecule has 0 aliphatic carbocycles. The van der Waals surface area contributed by atoms with Gasteiger partial charge in [0.25, 0.3) is 15.9 Å². The molecule has 0 saturated heterocycles. The SMILES string of the molecule is Cc1cccc(C(C)C)c1NC(=O)c1ccc2c(c1)CCN2S(=O)(=O)c1ccccc1. The van der Waals surface area contributed by atoms with Gasteiger partial charge < -0.3 is 5.32 Å². The summed E-state index contributed by atoms with van der Waals surface area (Å²) in [5.74, 6) is 0.0929. The van der Waals surface area contributed by atoms with Crippen LogP contribution in [0.5, 0.6) is 0 Å². The van der Waals surface area contributed by atoms with Gasteiger partial charge in [-0.05, 0) is 66.3 Å². The van der Waals surface area contributed by atoms with Crippen molar-refractivity contribution in [1.82, 2.24) is 0 Å². The molecule has 6 heteroatoms. The highest BCUT2D eigenvalue weighted by Crippen LogP contribution is 2.34. The zero-order valence-electron chi connectivity index (χ0n) is 17.9. The lowest BCUT2D eigenvalue weighted by Gasteiger charge is -2.20. The van der Waals surface area contributed by atoms with Crippen LogP contribution in [0, 0.1) is 6.92 Å². The van der Waals surface area contributed by atoms with Crippen molar-refractivity contribution in [1.29, 1.82) is 0 Å². The topological polar surface area (TPSA) is 66.5 Å². The molecular weight excluding hydrogens is 408 g/mol. The number of carbonyl (C=O) groups is 1. The summed E-state index contributed by atoms with van der Waals surface area (Å²) in [4.78, 5) is 13.3. The molecule has 1 N–H and O–H groups in total. The summed E-state index contributed by atoms with van der Waals surface area (Å²) >= 11 is 0. The fourth-order valence-corrected chi connectivity index (χ4v) is 5.53. The van der Waals surface area contributed by atoms with E-state index in [0.717, 1.165) is 22.4 Å². The number of para-hydroxylation sites is 1. The standard InChI is InChI=1S/C25H26N2O3S/c1-17(2)22-11-7-8-18(3)24(22)26-25(28)20-12-13-23-19(16-20)14-15-27(23)31(29,30)21-9-5-4-6-10-21/h4-13,16-17H,14-15H2,1-3H3,(H,26,28). The molecule has 0 radical (unpaired) electrons. The Kier molecular flexibility index (Phi) is 5.58. The average molecular weight is 435 g/mol. The van der Waals surface area contributed by atoms with Gasteiger partial charge in [0, 0.05) is 17.8 Å². The van der Waals surface area contributed by atoms with Crippen LogP contribution in [-0.2, 0) is 16.4 Å². The fourth-order valence-electron chi connectivity index (χ4n) is 4.01. The van der Waals surface area contributed by atoms with Crippen LogP contribution in [0.3, 0.4) is 0 Å². The van der Waals surface area contributed by atoms with Crippen molar-refractivity contribution in [3.05, 3.63) is 89.0 Å². The molecule has 160 valence electrons. The first-order valence-corrected chi connectivity index (χ1v) is 11.8. The summed E-state index contributed by atoms with van der Waals surface area (Å²) in [7, 11) is -3.62. The lowest BCUT2D eigenvalue weighted by Crippen LogP contribution is -2.29. The minimum Gasteiger partial charge on any atom is -0.321 e. The number of hydrogen-bond acceptors (Lipinski definition) is 3. The third kappa shape index (κ3) is 3.95. The van der Waals surface area contributed by atoms with E-state index in [1.165, 1.54) is 4.31 Å². The Morgan fingerprint density at radius 3 is 2.45 bits per heavy atom. The summed E-state index contributed by atoms with van der Waals surface area (Å²) < 4.78 is 27.5. The predicted molar refractivity (Wildman–Crippen MR) is 124 cm³/mol. The number of rotatable bonds is 5. The van der Waals surface area contributed by atoms with Gasteiger partial charge in [-0.25, -0.2) is 8.42 Å². The van der Waals surface area contributed by atoms with Gasteiger partial charge in [0.05, 0.1) is 10.6 Å². The molecule has 0 bridgehead atoms. The normalized spacial score (nSPS) is 13.4. The van der Waals surface area contributed by atoms with E-state index in [4.69, 9.17) is 0 Å². The zero-order chi connectivity index (χ0) is 22.2. The Morgan fingerprint density at radius 2 is 1.74 bits per heavy atom. The number of carbonyl (C=O) groups excluding carboxylic acids is 1. The van der Waals surface area contributed by atoms with E-state index in [2.05, 4.69) is 19.2 Å². The Labute approximate surface area is 183 Å². The largest absolute Gasteiger partial charge is 0.321 e. The second kappa shape index (κ2) is 8.19. The molecule has 1 amide bonds. The summed E-state index contributed by atoms with van der Waals surface area (Å²) in [5, 5.41) is 3.06. The van der Waals surface area contributed by atoms with E-state index < -0.39 is 10.0 Å². The van der Waals surface area contributed by atoms with Crippen LogP contribution in [0.1, 0.15) is 46.8 Å². The lowest BCUT2D eigenvalue weighted by molar-refractivity contribution is 0.102. The van der Waals surface area contributed by atoms with Gasteiger partial charge in [-0.2, -0.15) is 0 Å². The average Bonchev–Trinajstić information content (AvgIpc) is 3.19. The number of sulfonamides is 1. The highest BCUT2D eigenvalue weighted by atomic mass is 32.2. The van der Waals surface area contributed by atoms with Crippen molar-refractivity contribution in [2.75, 3.05) is 16.2 Å². The molecule has 0 atom stereocenters. The Hall–Kier alpha value is -3.12. The van der Waals surface area contributed by atoms with Crippen molar-refractivity contribution >= 4 is 27.3 Å². The second-order valence-corrected chi connectivity index (χ2v) is 9.99. The highest BCUT2D eigenvalue weighted by molar-refractivity contribution is 7.92. The zero-order valence-corrected chi connectivity index (χ0v) is 18.7. The molecule has 3 aromatic rings. The molecule has 1 heterocycles. The first kappa shape index (κ1) is 21.1. The molecule has 1 aliphatic rings. The second-order valence-electron chi connectivity index (χ2n) is 8.13. The summed E-state index contributed by atoms with van der Waals surface area (Å²) in [6.07, 6.45) is 0.574. The molecule has 5 nitrogen and oxygen atoms in total. The lowest BCUT2D eigenvalue weighted by atomic mass is 9.98. The van der Waals surface area contributed by atoms with E-state index >= 15 is 0 Å². The van der Waals surface area contributed by atoms with Crippen LogP contribution in [0.2, 0.25) is 0 Å². The maximum atomic E-state index is 13.0. The molecule has 31 heavy (non-hydrogen) atoms. The number of nitrogens with zero attached hydrogens (tertiary/aromatic N) is 1. The van der Waals surface area contributed by atoms with Crippen molar-refractivity contribution in [2.45, 2.75) is 38.0 Å². The number of anilines is 2. The molecule has 3 aromatic carbocycles. The number of benzene rings is 3. The third-order valence-corrected chi connectivity index (χ3v) is 7.52. The molecule has 4 rings (SSSR count). The van der Waals surface area contributed by atoms with Gasteiger partial charge in [0.2, 0.25) is 0 Å². The quantitative estimate of drug-likeness (QED) is 0.606. The van der Waals surface area contributed by atoms with Crippen molar-refractivity contribution in [3.63, 3.8) is 0 Å². The summed E-state index contributed by atoms with van der Waals surface area (Å²) in [6, 6.07) is 19.7. The van der Waals surface area contributed by atoms with Crippen LogP contribution in [-0.4, -0.2) is 20.9 Å². The van der Waals surface area contributed by atoms with Gasteiger partial charge in [0.15, 0.2) is 0 Å². The van der Waals surface area contributed by atoms with Crippen LogP contribution < -0.4 is 9.62 Å². The predicted octanol–water partition coefficient (Wildman–Crippen LogP) is 5.12. The summed E-state index contributed by atoms with van der Waals surface area (Å²) in [6.45, 7) is 6.55.